The molecule has 0 aliphatic heterocycles. The molecule has 35 heavy (non-hydrogen) atoms. The molecular weight excluding hydrogens is 460 g/mol. The van der Waals surface area contributed by atoms with E-state index in [0.717, 1.165) is 5.56 Å². The van der Waals surface area contributed by atoms with E-state index >= 15 is 0 Å². The van der Waals surface area contributed by atoms with Crippen molar-refractivity contribution in [2.24, 2.45) is 5.73 Å². The van der Waals surface area contributed by atoms with Gasteiger partial charge in [-0.05, 0) is 18.4 Å². The maximum Gasteiger partial charge on any atom is 0.326 e. The number of hydrogen-bond donors (Lipinski definition) is 7. The summed E-state index contributed by atoms with van der Waals surface area (Å²) in [6, 6.07) is 5.46. The Morgan fingerprint density at radius 3 is 2.29 bits per heavy atom. The van der Waals surface area contributed by atoms with E-state index in [2.05, 4.69) is 25.9 Å². The van der Waals surface area contributed by atoms with Crippen LogP contribution in [0.1, 0.15) is 24.1 Å². The highest BCUT2D eigenvalue weighted by molar-refractivity contribution is 5.92. The van der Waals surface area contributed by atoms with Crippen LogP contribution in [-0.2, 0) is 36.8 Å². The Morgan fingerprint density at radius 2 is 1.69 bits per heavy atom. The van der Waals surface area contributed by atoms with Crippen molar-refractivity contribution in [3.05, 3.63) is 54.1 Å². The molecule has 0 radical (unpaired) electrons. The monoisotopic (exact) mass is 488 g/mol. The molecule has 3 unspecified atom stereocenters. The van der Waals surface area contributed by atoms with Crippen molar-refractivity contribution in [3.8, 4) is 0 Å². The van der Waals surface area contributed by atoms with E-state index in [-0.39, 0.29) is 19.3 Å². The number of imidazole rings is 1. The number of carbonyl (C=O) groups excluding carboxylic acids is 3. The van der Waals surface area contributed by atoms with Crippen LogP contribution in [0.15, 0.2) is 42.9 Å². The van der Waals surface area contributed by atoms with Crippen molar-refractivity contribution in [3.63, 3.8) is 0 Å². The third kappa shape index (κ3) is 9.63. The minimum atomic E-state index is -1.28. The van der Waals surface area contributed by atoms with Gasteiger partial charge in [-0.2, -0.15) is 0 Å². The molecule has 0 bridgehead atoms. The van der Waals surface area contributed by atoms with Crippen molar-refractivity contribution < 1.29 is 34.2 Å². The van der Waals surface area contributed by atoms with E-state index < -0.39 is 60.8 Å². The van der Waals surface area contributed by atoms with E-state index in [9.17, 15) is 29.1 Å². The minimum absolute atomic E-state index is 0.0500. The fraction of sp³-hybridized carbons (Fsp3) is 0.364. The lowest BCUT2D eigenvalue weighted by molar-refractivity contribution is -0.141. The molecule has 0 spiro atoms. The van der Waals surface area contributed by atoms with Crippen LogP contribution in [0.2, 0.25) is 0 Å². The number of nitrogens with one attached hydrogen (secondary N) is 4. The molecule has 0 saturated heterocycles. The Kier molecular flexibility index (Phi) is 10.4. The quantitative estimate of drug-likeness (QED) is 0.165. The molecule has 1 aromatic heterocycles. The maximum absolute atomic E-state index is 12.6. The third-order valence-corrected chi connectivity index (χ3v) is 4.95. The fourth-order valence-corrected chi connectivity index (χ4v) is 3.13. The molecule has 13 heteroatoms. The number of carbonyl (C=O) groups is 5. The molecular formula is C22H28N6O7. The summed E-state index contributed by atoms with van der Waals surface area (Å²) in [6.45, 7) is -0.582. The summed E-state index contributed by atoms with van der Waals surface area (Å²) in [4.78, 5) is 66.2. The van der Waals surface area contributed by atoms with Gasteiger partial charge in [-0.25, -0.2) is 9.78 Å². The Bertz CT molecular complexity index is 1010. The maximum atomic E-state index is 12.6. The van der Waals surface area contributed by atoms with E-state index in [4.69, 9.17) is 10.8 Å². The summed E-state index contributed by atoms with van der Waals surface area (Å²) < 4.78 is 0. The zero-order valence-electron chi connectivity index (χ0n) is 18.8. The molecule has 0 aliphatic rings. The van der Waals surface area contributed by atoms with E-state index in [1.807, 2.05) is 6.07 Å². The van der Waals surface area contributed by atoms with E-state index in [1.165, 1.54) is 12.5 Å². The van der Waals surface area contributed by atoms with Crippen molar-refractivity contribution >= 4 is 29.7 Å². The highest BCUT2D eigenvalue weighted by atomic mass is 16.4. The summed E-state index contributed by atoms with van der Waals surface area (Å²) in [5, 5.41) is 25.3. The number of carboxylic acid groups (broad SMARTS) is 2. The zero-order chi connectivity index (χ0) is 25.8. The second-order valence-electron chi connectivity index (χ2n) is 7.75. The number of hydrogen-bond acceptors (Lipinski definition) is 7. The molecule has 2 rings (SSSR count). The first-order valence-corrected chi connectivity index (χ1v) is 10.7. The lowest BCUT2D eigenvalue weighted by Crippen LogP contribution is -2.54. The normalized spacial score (nSPS) is 13.2. The smallest absolute Gasteiger partial charge is 0.326 e. The van der Waals surface area contributed by atoms with Gasteiger partial charge in [0, 0.05) is 24.7 Å². The number of nitrogens with two attached hydrogens (primary N) is 1. The van der Waals surface area contributed by atoms with Crippen LogP contribution >= 0.6 is 0 Å². The molecule has 188 valence electrons. The van der Waals surface area contributed by atoms with E-state index in [1.54, 1.807) is 24.3 Å². The number of benzene rings is 1. The van der Waals surface area contributed by atoms with Gasteiger partial charge in [-0.3, -0.25) is 19.2 Å². The highest BCUT2D eigenvalue weighted by Crippen LogP contribution is 2.04. The fourth-order valence-electron chi connectivity index (χ4n) is 3.13. The van der Waals surface area contributed by atoms with Gasteiger partial charge in [-0.15, -0.1) is 0 Å². The Balaban J connectivity index is 1.92. The molecule has 3 amide bonds. The van der Waals surface area contributed by atoms with Crippen LogP contribution in [0, 0.1) is 0 Å². The lowest BCUT2D eigenvalue weighted by Gasteiger charge is -2.20. The van der Waals surface area contributed by atoms with Gasteiger partial charge >= 0.3 is 11.9 Å². The van der Waals surface area contributed by atoms with Crippen LogP contribution in [0.5, 0.6) is 0 Å². The number of H-pyrrole nitrogens is 1. The van der Waals surface area contributed by atoms with Crippen LogP contribution in [0.3, 0.4) is 0 Å². The van der Waals surface area contributed by atoms with Gasteiger partial charge in [0.25, 0.3) is 0 Å². The average molecular weight is 489 g/mol. The Labute approximate surface area is 200 Å². The first kappa shape index (κ1) is 27.0. The largest absolute Gasteiger partial charge is 0.481 e. The number of aromatic nitrogens is 2. The first-order valence-electron chi connectivity index (χ1n) is 10.7. The van der Waals surface area contributed by atoms with Crippen LogP contribution < -0.4 is 21.7 Å². The molecule has 1 heterocycles. The molecule has 0 saturated carbocycles. The van der Waals surface area contributed by atoms with E-state index in [0.29, 0.717) is 5.69 Å². The average Bonchev–Trinajstić information content (AvgIpc) is 3.33. The number of aliphatic carboxylic acids is 2. The standard InChI is InChI=1S/C22H28N6O7/c23-15(8-13-4-2-1-3-5-13)20(32)28-16(6-7-19(30)31)21(33)25-11-18(29)27-17(22(34)35)9-14-10-24-12-26-14/h1-5,10,12,15-17H,6-9,11,23H2,(H,24,26)(H,25,33)(H,27,29)(H,28,32)(H,30,31)(H,34,35). The SMILES string of the molecule is NC(Cc1ccccc1)C(=O)NC(CCC(=O)O)C(=O)NCC(=O)NC(Cc1cnc[nH]1)C(=O)O. The number of amides is 3. The topological polar surface area (TPSA) is 217 Å². The number of rotatable bonds is 14. The number of carboxylic acids is 2. The Morgan fingerprint density at radius 1 is 0.971 bits per heavy atom. The third-order valence-electron chi connectivity index (χ3n) is 4.95. The summed E-state index contributed by atoms with van der Waals surface area (Å²) in [5.74, 6) is -4.70. The summed E-state index contributed by atoms with van der Waals surface area (Å²) >= 11 is 0. The van der Waals surface area contributed by atoms with Crippen molar-refractivity contribution in [2.75, 3.05) is 6.54 Å². The number of nitrogens with zero attached hydrogens (tertiary/aromatic N) is 1. The van der Waals surface area contributed by atoms with Crippen LogP contribution in [0.4, 0.5) is 0 Å². The second-order valence-corrected chi connectivity index (χ2v) is 7.75. The minimum Gasteiger partial charge on any atom is -0.481 e. The van der Waals surface area contributed by atoms with Gasteiger partial charge in [0.15, 0.2) is 0 Å². The Hall–Kier alpha value is -4.26. The van der Waals surface area contributed by atoms with Gasteiger partial charge in [0.1, 0.15) is 12.1 Å². The summed E-state index contributed by atoms with van der Waals surface area (Å²) in [6.07, 6.45) is 2.30. The van der Waals surface area contributed by atoms with Crippen molar-refractivity contribution in [1.82, 2.24) is 25.9 Å². The van der Waals surface area contributed by atoms with Gasteiger partial charge in [0.2, 0.25) is 17.7 Å². The molecule has 13 nitrogen and oxygen atoms in total. The highest BCUT2D eigenvalue weighted by Gasteiger charge is 2.26. The molecule has 1 aromatic carbocycles. The summed E-state index contributed by atoms with van der Waals surface area (Å²) in [5.41, 5.74) is 7.23. The van der Waals surface area contributed by atoms with Crippen molar-refractivity contribution in [2.45, 2.75) is 43.8 Å². The van der Waals surface area contributed by atoms with Crippen LogP contribution in [-0.4, -0.2) is 74.5 Å². The lowest BCUT2D eigenvalue weighted by atomic mass is 10.0. The van der Waals surface area contributed by atoms with Gasteiger partial charge < -0.3 is 36.9 Å². The molecule has 2 aromatic rings. The van der Waals surface area contributed by atoms with Crippen LogP contribution in [0.25, 0.3) is 0 Å². The molecule has 0 aliphatic carbocycles. The molecule has 0 fully saturated rings. The van der Waals surface area contributed by atoms with Gasteiger partial charge in [-0.1, -0.05) is 30.3 Å². The number of aromatic amines is 1. The van der Waals surface area contributed by atoms with Gasteiger partial charge in [0.05, 0.1) is 18.9 Å². The predicted octanol–water partition coefficient (Wildman–Crippen LogP) is -1.44. The summed E-state index contributed by atoms with van der Waals surface area (Å²) in [7, 11) is 0. The van der Waals surface area contributed by atoms with Crippen molar-refractivity contribution in [1.29, 1.82) is 0 Å². The molecule has 3 atom stereocenters. The predicted molar refractivity (Wildman–Crippen MR) is 122 cm³/mol. The molecule has 8 N–H and O–H groups in total. The second kappa shape index (κ2) is 13.4. The zero-order valence-corrected chi connectivity index (χ0v) is 18.8. The first-order chi connectivity index (χ1) is 16.7.